The van der Waals surface area contributed by atoms with Crippen LogP contribution in [0.2, 0.25) is 0 Å². The van der Waals surface area contributed by atoms with Gasteiger partial charge >= 0.3 is 0 Å². The quantitative estimate of drug-likeness (QED) is 0.745. The maximum atomic E-state index is 4.57. The van der Waals surface area contributed by atoms with Crippen molar-refractivity contribution >= 4 is 5.82 Å². The molecule has 0 N–H and O–H groups in total. The molecule has 2 aliphatic heterocycles. The Morgan fingerprint density at radius 2 is 1.43 bits per heavy atom. The van der Waals surface area contributed by atoms with Gasteiger partial charge in [-0.15, -0.1) is 10.2 Å². The Morgan fingerprint density at radius 3 is 2.10 bits per heavy atom. The average Bonchev–Trinajstić information content (AvgIpc) is 3.36. The van der Waals surface area contributed by atoms with E-state index in [9.17, 15) is 0 Å². The molecular formula is C25H35N5. The minimum Gasteiger partial charge on any atom is -0.353 e. The van der Waals surface area contributed by atoms with E-state index in [0.29, 0.717) is 0 Å². The molecule has 1 saturated carbocycles. The summed E-state index contributed by atoms with van der Waals surface area (Å²) in [5.74, 6) is 1.02. The molecule has 1 aromatic carbocycles. The third-order valence-corrected chi connectivity index (χ3v) is 7.23. The lowest BCUT2D eigenvalue weighted by Crippen LogP contribution is -2.50. The SMILES string of the molecule is c1cc(-c2ccc(N3CCN(C4CCCC4)CC3)nn2)ccc1CN1CCCCC1. The van der Waals surface area contributed by atoms with E-state index in [1.165, 1.54) is 63.6 Å². The van der Waals surface area contributed by atoms with Crippen molar-refractivity contribution < 1.29 is 0 Å². The second-order valence-corrected chi connectivity index (χ2v) is 9.27. The summed E-state index contributed by atoms with van der Waals surface area (Å²) in [5, 5.41) is 9.12. The average molecular weight is 406 g/mol. The number of anilines is 1. The van der Waals surface area contributed by atoms with Gasteiger partial charge in [-0.2, -0.15) is 0 Å². The van der Waals surface area contributed by atoms with Gasteiger partial charge in [-0.25, -0.2) is 0 Å². The Hall–Kier alpha value is -1.98. The topological polar surface area (TPSA) is 35.5 Å². The molecule has 2 aromatic rings. The number of piperidine rings is 1. The van der Waals surface area contributed by atoms with Crippen LogP contribution < -0.4 is 4.90 Å². The molecular weight excluding hydrogens is 370 g/mol. The Morgan fingerprint density at radius 1 is 0.700 bits per heavy atom. The van der Waals surface area contributed by atoms with Crippen LogP contribution in [0, 0.1) is 0 Å². The van der Waals surface area contributed by atoms with Crippen molar-refractivity contribution in [1.29, 1.82) is 0 Å². The molecule has 0 radical (unpaired) electrons. The van der Waals surface area contributed by atoms with Gasteiger partial charge in [0.25, 0.3) is 0 Å². The highest BCUT2D eigenvalue weighted by Crippen LogP contribution is 2.26. The lowest BCUT2D eigenvalue weighted by molar-refractivity contribution is 0.187. The van der Waals surface area contributed by atoms with Crippen LogP contribution in [0.1, 0.15) is 50.5 Å². The van der Waals surface area contributed by atoms with E-state index >= 15 is 0 Å². The second kappa shape index (κ2) is 9.44. The molecule has 0 bridgehead atoms. The smallest absolute Gasteiger partial charge is 0.151 e. The highest BCUT2D eigenvalue weighted by atomic mass is 15.3. The van der Waals surface area contributed by atoms with Crippen molar-refractivity contribution in [2.75, 3.05) is 44.2 Å². The molecule has 5 rings (SSSR count). The van der Waals surface area contributed by atoms with E-state index in [0.717, 1.165) is 55.8 Å². The number of piperazine rings is 1. The van der Waals surface area contributed by atoms with E-state index < -0.39 is 0 Å². The molecule has 0 atom stereocenters. The van der Waals surface area contributed by atoms with Gasteiger partial charge in [0.05, 0.1) is 5.69 Å². The first-order chi connectivity index (χ1) is 14.8. The van der Waals surface area contributed by atoms with E-state index in [1.807, 2.05) is 0 Å². The number of likely N-dealkylation sites (tertiary alicyclic amines) is 1. The summed E-state index contributed by atoms with van der Waals surface area (Å²) in [6.07, 6.45) is 9.69. The van der Waals surface area contributed by atoms with Crippen molar-refractivity contribution in [3.63, 3.8) is 0 Å². The second-order valence-electron chi connectivity index (χ2n) is 9.27. The van der Waals surface area contributed by atoms with Crippen molar-refractivity contribution in [3.05, 3.63) is 42.0 Å². The molecule has 30 heavy (non-hydrogen) atoms. The van der Waals surface area contributed by atoms with Crippen molar-refractivity contribution in [2.24, 2.45) is 0 Å². The third kappa shape index (κ3) is 4.68. The molecule has 0 unspecified atom stereocenters. The molecule has 1 aromatic heterocycles. The first-order valence-corrected chi connectivity index (χ1v) is 12.0. The van der Waals surface area contributed by atoms with Crippen LogP contribution in [0.4, 0.5) is 5.82 Å². The van der Waals surface area contributed by atoms with Crippen molar-refractivity contribution in [1.82, 2.24) is 20.0 Å². The number of nitrogens with zero attached hydrogens (tertiary/aromatic N) is 5. The van der Waals surface area contributed by atoms with Crippen LogP contribution in [0.15, 0.2) is 36.4 Å². The van der Waals surface area contributed by atoms with Crippen LogP contribution in [0.5, 0.6) is 0 Å². The first kappa shape index (κ1) is 20.0. The molecule has 2 saturated heterocycles. The molecule has 5 heteroatoms. The Kier molecular flexibility index (Phi) is 6.28. The minimum atomic E-state index is 0.832. The Labute approximate surface area is 181 Å². The Bertz CT molecular complexity index is 783. The van der Waals surface area contributed by atoms with Gasteiger partial charge in [0, 0.05) is 44.3 Å². The fourth-order valence-electron chi connectivity index (χ4n) is 5.39. The summed E-state index contributed by atoms with van der Waals surface area (Å²) >= 11 is 0. The number of hydrogen-bond acceptors (Lipinski definition) is 5. The zero-order valence-electron chi connectivity index (χ0n) is 18.2. The first-order valence-electron chi connectivity index (χ1n) is 12.0. The summed E-state index contributed by atoms with van der Waals surface area (Å²) in [5.41, 5.74) is 3.51. The van der Waals surface area contributed by atoms with E-state index in [1.54, 1.807) is 0 Å². The third-order valence-electron chi connectivity index (χ3n) is 7.23. The Balaban J connectivity index is 1.17. The standard InChI is InChI=1S/C25H35N5/c1-4-14-28(15-5-1)20-21-8-10-22(11-9-21)24-12-13-25(27-26-24)30-18-16-29(17-19-30)23-6-2-3-7-23/h8-13,23H,1-7,14-20H2. The summed E-state index contributed by atoms with van der Waals surface area (Å²) < 4.78 is 0. The van der Waals surface area contributed by atoms with Crippen LogP contribution in [0.3, 0.4) is 0 Å². The molecule has 3 heterocycles. The number of hydrogen-bond donors (Lipinski definition) is 0. The van der Waals surface area contributed by atoms with Crippen molar-refractivity contribution in [2.45, 2.75) is 57.5 Å². The predicted molar refractivity (Wildman–Crippen MR) is 123 cm³/mol. The molecule has 1 aliphatic carbocycles. The zero-order chi connectivity index (χ0) is 20.2. The van der Waals surface area contributed by atoms with Gasteiger partial charge in [-0.1, -0.05) is 43.5 Å². The minimum absolute atomic E-state index is 0.832. The fraction of sp³-hybridized carbons (Fsp3) is 0.600. The number of aromatic nitrogens is 2. The molecule has 5 nitrogen and oxygen atoms in total. The molecule has 3 fully saturated rings. The normalized spacial score (nSPS) is 21.9. The van der Waals surface area contributed by atoms with Gasteiger partial charge in [0.15, 0.2) is 5.82 Å². The molecule has 3 aliphatic rings. The summed E-state index contributed by atoms with van der Waals surface area (Å²) in [6.45, 7) is 8.00. The van der Waals surface area contributed by atoms with Gasteiger partial charge in [-0.05, 0) is 56.5 Å². The maximum absolute atomic E-state index is 4.57. The summed E-state index contributed by atoms with van der Waals surface area (Å²) in [4.78, 5) is 7.65. The number of benzene rings is 1. The predicted octanol–water partition coefficient (Wildman–Crippen LogP) is 4.19. The molecule has 0 amide bonds. The summed E-state index contributed by atoms with van der Waals surface area (Å²) in [7, 11) is 0. The fourth-order valence-corrected chi connectivity index (χ4v) is 5.39. The molecule has 0 spiro atoms. The number of rotatable bonds is 5. The highest BCUT2D eigenvalue weighted by Gasteiger charge is 2.26. The van der Waals surface area contributed by atoms with Gasteiger partial charge in [0.1, 0.15) is 0 Å². The monoisotopic (exact) mass is 405 g/mol. The van der Waals surface area contributed by atoms with E-state index in [2.05, 4.69) is 61.3 Å². The lowest BCUT2D eigenvalue weighted by Gasteiger charge is -2.38. The van der Waals surface area contributed by atoms with Crippen LogP contribution >= 0.6 is 0 Å². The van der Waals surface area contributed by atoms with Crippen LogP contribution in [-0.2, 0) is 6.54 Å². The largest absolute Gasteiger partial charge is 0.353 e. The van der Waals surface area contributed by atoms with Gasteiger partial charge in [0.2, 0.25) is 0 Å². The van der Waals surface area contributed by atoms with E-state index in [4.69, 9.17) is 0 Å². The lowest BCUT2D eigenvalue weighted by atomic mass is 10.1. The van der Waals surface area contributed by atoms with Gasteiger partial charge < -0.3 is 4.90 Å². The molecule has 160 valence electrons. The zero-order valence-corrected chi connectivity index (χ0v) is 18.2. The van der Waals surface area contributed by atoms with E-state index in [-0.39, 0.29) is 0 Å². The van der Waals surface area contributed by atoms with Gasteiger partial charge in [-0.3, -0.25) is 9.80 Å². The van der Waals surface area contributed by atoms with Crippen LogP contribution in [-0.4, -0.2) is 65.3 Å². The van der Waals surface area contributed by atoms with Crippen LogP contribution in [0.25, 0.3) is 11.3 Å². The van der Waals surface area contributed by atoms with Crippen molar-refractivity contribution in [3.8, 4) is 11.3 Å². The maximum Gasteiger partial charge on any atom is 0.151 e. The summed E-state index contributed by atoms with van der Waals surface area (Å²) in [6, 6.07) is 14.0. The highest BCUT2D eigenvalue weighted by molar-refractivity contribution is 5.60.